The van der Waals surface area contributed by atoms with Crippen molar-refractivity contribution in [1.29, 1.82) is 0 Å². The predicted octanol–water partition coefficient (Wildman–Crippen LogP) is 5.10. The normalized spacial score (nSPS) is 18.5. The van der Waals surface area contributed by atoms with Crippen LogP contribution in [0, 0.1) is 5.92 Å². The second-order valence-electron chi connectivity index (χ2n) is 6.64. The quantitative estimate of drug-likeness (QED) is 0.740. The molecular weight excluding hydrogens is 346 g/mol. The maximum Gasteiger partial charge on any atom is 0.286 e. The molecule has 136 valence electrons. The van der Waals surface area contributed by atoms with Gasteiger partial charge >= 0.3 is 0 Å². The molecule has 4 rings (SSSR count). The van der Waals surface area contributed by atoms with Gasteiger partial charge in [0.1, 0.15) is 12.3 Å². The number of aromatic nitrogens is 2. The molecule has 0 aliphatic heterocycles. The zero-order valence-electron chi connectivity index (χ0n) is 14.8. The third-order valence-electron chi connectivity index (χ3n) is 4.52. The summed E-state index contributed by atoms with van der Waals surface area (Å²) in [7, 11) is 0. The highest BCUT2D eigenvalue weighted by Gasteiger charge is 2.26. The van der Waals surface area contributed by atoms with E-state index in [0.717, 1.165) is 23.6 Å². The summed E-state index contributed by atoms with van der Waals surface area (Å²) in [6.45, 7) is 1.31. The zero-order chi connectivity index (χ0) is 18.9. The molecule has 2 aromatic heterocycles. The fourth-order valence-electron chi connectivity index (χ4n) is 3.12. The monoisotopic (exact) mass is 364 g/mol. The molecule has 2 heterocycles. The van der Waals surface area contributed by atoms with Gasteiger partial charge in [-0.1, -0.05) is 42.5 Å². The number of pyridine rings is 2. The summed E-state index contributed by atoms with van der Waals surface area (Å²) < 4.78 is 32.3. The van der Waals surface area contributed by atoms with Gasteiger partial charge in [-0.15, -0.1) is 0 Å². The smallest absolute Gasteiger partial charge is 0.286 e. The molecule has 0 saturated carbocycles. The van der Waals surface area contributed by atoms with Crippen LogP contribution in [0.4, 0.5) is 8.78 Å². The Hall–Kier alpha value is -3.08. The van der Waals surface area contributed by atoms with Crippen LogP contribution < -0.4 is 4.74 Å². The van der Waals surface area contributed by atoms with E-state index < -0.39 is 5.92 Å². The number of halogens is 2. The molecule has 0 radical (unpaired) electrons. The topological polar surface area (TPSA) is 35.0 Å². The minimum Gasteiger partial charge on any atom is -0.473 e. The van der Waals surface area contributed by atoms with E-state index in [1.807, 2.05) is 30.4 Å². The van der Waals surface area contributed by atoms with Crippen LogP contribution in [0.15, 0.2) is 84.3 Å². The van der Waals surface area contributed by atoms with E-state index in [1.54, 1.807) is 12.3 Å². The third-order valence-corrected chi connectivity index (χ3v) is 4.52. The van der Waals surface area contributed by atoms with Crippen LogP contribution in [0.25, 0.3) is 5.57 Å². The number of nitrogens with zero attached hydrogens (tertiary/aromatic N) is 2. The molecule has 27 heavy (non-hydrogen) atoms. The molecule has 0 bridgehead atoms. The Balaban J connectivity index is 1.48. The maximum atomic E-state index is 13.3. The van der Waals surface area contributed by atoms with Gasteiger partial charge in [0.2, 0.25) is 5.88 Å². The Morgan fingerprint density at radius 3 is 2.67 bits per heavy atom. The van der Waals surface area contributed by atoms with Gasteiger partial charge in [-0.05, 0) is 34.4 Å². The van der Waals surface area contributed by atoms with E-state index in [0.29, 0.717) is 12.5 Å². The lowest BCUT2D eigenvalue weighted by Gasteiger charge is -2.15. The molecule has 0 aromatic carbocycles. The van der Waals surface area contributed by atoms with Crippen molar-refractivity contribution in [3.05, 3.63) is 95.5 Å². The molecule has 2 aliphatic carbocycles. The van der Waals surface area contributed by atoms with Gasteiger partial charge in [0.25, 0.3) is 5.92 Å². The van der Waals surface area contributed by atoms with Crippen molar-refractivity contribution in [2.75, 3.05) is 6.61 Å². The van der Waals surface area contributed by atoms with Crippen LogP contribution >= 0.6 is 0 Å². The lowest BCUT2D eigenvalue weighted by molar-refractivity contribution is 0.0127. The molecule has 0 amide bonds. The Bertz CT molecular complexity index is 952. The van der Waals surface area contributed by atoms with Crippen molar-refractivity contribution in [2.24, 2.45) is 5.92 Å². The maximum absolute atomic E-state index is 13.3. The standard InChI is InChI=1S/C22H18F2N2O/c1-22(23,24)20-8-7-18(13-26-20)17-6-5-16-10-15(11-19(16)12-17)14-27-21-4-2-3-9-25-21/h2-13,19H,14H2,1H3. The van der Waals surface area contributed by atoms with Gasteiger partial charge in [-0.3, -0.25) is 4.98 Å². The van der Waals surface area contributed by atoms with Gasteiger partial charge in [-0.2, -0.15) is 8.78 Å². The van der Waals surface area contributed by atoms with E-state index in [9.17, 15) is 8.78 Å². The van der Waals surface area contributed by atoms with Crippen molar-refractivity contribution >= 4 is 5.57 Å². The fourth-order valence-corrected chi connectivity index (χ4v) is 3.12. The Labute approximate surface area is 156 Å². The summed E-state index contributed by atoms with van der Waals surface area (Å²) in [5.74, 6) is -2.18. The van der Waals surface area contributed by atoms with E-state index in [4.69, 9.17) is 4.74 Å². The third kappa shape index (κ3) is 3.87. The fraction of sp³-hybridized carbons (Fsp3) is 0.182. The highest BCUT2D eigenvalue weighted by molar-refractivity contribution is 5.77. The number of rotatable bonds is 5. The van der Waals surface area contributed by atoms with Gasteiger partial charge in [0.15, 0.2) is 0 Å². The first kappa shape index (κ1) is 17.3. The number of allylic oxidation sites excluding steroid dienone is 6. The number of fused-ring (bicyclic) bond motifs is 1. The summed E-state index contributed by atoms with van der Waals surface area (Å²) >= 11 is 0. The van der Waals surface area contributed by atoms with Crippen LogP contribution in [0.2, 0.25) is 0 Å². The zero-order valence-corrected chi connectivity index (χ0v) is 14.8. The van der Waals surface area contributed by atoms with E-state index in [-0.39, 0.29) is 11.6 Å². The average Bonchev–Trinajstić information content (AvgIpc) is 3.09. The van der Waals surface area contributed by atoms with Crippen LogP contribution in [0.1, 0.15) is 18.2 Å². The molecule has 1 unspecified atom stereocenters. The summed E-state index contributed by atoms with van der Waals surface area (Å²) in [6, 6.07) is 8.62. The molecular formula is C22H18F2N2O. The highest BCUT2D eigenvalue weighted by atomic mass is 19.3. The molecule has 0 N–H and O–H groups in total. The minimum atomic E-state index is -2.93. The van der Waals surface area contributed by atoms with Gasteiger partial charge in [0.05, 0.1) is 0 Å². The Morgan fingerprint density at radius 1 is 1.07 bits per heavy atom. The first-order chi connectivity index (χ1) is 13.0. The second-order valence-corrected chi connectivity index (χ2v) is 6.64. The molecule has 3 nitrogen and oxygen atoms in total. The molecule has 2 aliphatic rings. The van der Waals surface area contributed by atoms with E-state index >= 15 is 0 Å². The lowest BCUT2D eigenvalue weighted by Crippen LogP contribution is -2.09. The second kappa shape index (κ2) is 6.91. The predicted molar refractivity (Wildman–Crippen MR) is 100 cm³/mol. The molecule has 0 saturated heterocycles. The van der Waals surface area contributed by atoms with E-state index in [1.165, 1.54) is 17.8 Å². The summed E-state index contributed by atoms with van der Waals surface area (Å²) in [4.78, 5) is 8.06. The van der Waals surface area contributed by atoms with Crippen molar-refractivity contribution in [3.8, 4) is 5.88 Å². The van der Waals surface area contributed by atoms with Crippen LogP contribution in [0.5, 0.6) is 5.88 Å². The number of ether oxygens (including phenoxy) is 1. The molecule has 5 heteroatoms. The largest absolute Gasteiger partial charge is 0.473 e. The van der Waals surface area contributed by atoms with Crippen LogP contribution in [-0.2, 0) is 5.92 Å². The summed E-state index contributed by atoms with van der Waals surface area (Å²) in [6.07, 6.45) is 13.6. The highest BCUT2D eigenvalue weighted by Crippen LogP contribution is 2.35. The first-order valence-electron chi connectivity index (χ1n) is 8.70. The Kier molecular flexibility index (Phi) is 4.44. The first-order valence-corrected chi connectivity index (χ1v) is 8.70. The molecule has 1 atom stereocenters. The number of alkyl halides is 2. The number of hydrogen-bond donors (Lipinski definition) is 0. The molecule has 0 fully saturated rings. The number of hydrogen-bond acceptors (Lipinski definition) is 3. The molecule has 2 aromatic rings. The van der Waals surface area contributed by atoms with Crippen LogP contribution in [-0.4, -0.2) is 16.6 Å². The minimum absolute atomic E-state index is 0.152. The van der Waals surface area contributed by atoms with Crippen molar-refractivity contribution in [2.45, 2.75) is 12.8 Å². The van der Waals surface area contributed by atoms with E-state index in [2.05, 4.69) is 28.2 Å². The Morgan fingerprint density at radius 2 is 1.96 bits per heavy atom. The van der Waals surface area contributed by atoms with Crippen LogP contribution in [0.3, 0.4) is 0 Å². The summed E-state index contributed by atoms with van der Waals surface area (Å²) in [5, 5.41) is 0. The average molecular weight is 364 g/mol. The molecule has 0 spiro atoms. The lowest BCUT2D eigenvalue weighted by atomic mass is 9.91. The van der Waals surface area contributed by atoms with Crippen molar-refractivity contribution in [1.82, 2.24) is 9.97 Å². The van der Waals surface area contributed by atoms with Crippen molar-refractivity contribution < 1.29 is 13.5 Å². The summed E-state index contributed by atoms with van der Waals surface area (Å²) in [5.41, 5.74) is 3.84. The SMILES string of the molecule is CC(F)(F)c1ccc(C2=CC3C=C(COc4ccccn4)C=C3C=C2)cn1. The van der Waals surface area contributed by atoms with Crippen molar-refractivity contribution in [3.63, 3.8) is 0 Å². The van der Waals surface area contributed by atoms with Gasteiger partial charge in [-0.25, -0.2) is 4.98 Å². The van der Waals surface area contributed by atoms with Gasteiger partial charge < -0.3 is 4.74 Å². The van der Waals surface area contributed by atoms with Gasteiger partial charge in [0, 0.05) is 31.3 Å².